The Bertz CT molecular complexity index is 508. The van der Waals surface area contributed by atoms with Crippen molar-refractivity contribution >= 4 is 11.6 Å². The van der Waals surface area contributed by atoms with Gasteiger partial charge in [0.25, 0.3) is 0 Å². The van der Waals surface area contributed by atoms with Crippen molar-refractivity contribution in [3.8, 4) is 5.75 Å². The topological polar surface area (TPSA) is 49.8 Å². The summed E-state index contributed by atoms with van der Waals surface area (Å²) in [7, 11) is 1.63. The summed E-state index contributed by atoms with van der Waals surface area (Å²) in [6.07, 6.45) is 2.26. The van der Waals surface area contributed by atoms with Gasteiger partial charge in [-0.3, -0.25) is 4.79 Å². The number of benzene rings is 1. The second-order valence-corrected chi connectivity index (χ2v) is 5.03. The smallest absolute Gasteiger partial charge is 0.230 e. The lowest BCUT2D eigenvalue weighted by molar-refractivity contribution is -0.121. The van der Waals surface area contributed by atoms with E-state index in [4.69, 9.17) is 4.74 Å². The molecule has 1 atom stereocenters. The summed E-state index contributed by atoms with van der Waals surface area (Å²) >= 11 is 0. The summed E-state index contributed by atoms with van der Waals surface area (Å²) in [4.78, 5) is 13.9. The molecule has 1 aromatic rings. The molecule has 19 heavy (non-hydrogen) atoms. The number of carbonyl (C=O) groups excluding carboxylic acids is 1. The number of hydrogen-bond acceptors (Lipinski definition) is 3. The first-order chi connectivity index (χ1) is 8.96. The minimum atomic E-state index is -1.16. The van der Waals surface area contributed by atoms with Gasteiger partial charge in [-0.2, -0.15) is 0 Å². The SMILES string of the molecule is C=CC(C)(O)CC(=O)N1CCc2cc(OC)ccc21. The summed E-state index contributed by atoms with van der Waals surface area (Å²) in [5, 5.41) is 9.90. The van der Waals surface area contributed by atoms with Gasteiger partial charge in [-0.15, -0.1) is 6.58 Å². The van der Waals surface area contributed by atoms with E-state index in [1.807, 2.05) is 18.2 Å². The Balaban J connectivity index is 2.18. The van der Waals surface area contributed by atoms with Crippen LogP contribution in [0.2, 0.25) is 0 Å². The zero-order valence-corrected chi connectivity index (χ0v) is 11.3. The largest absolute Gasteiger partial charge is 0.497 e. The summed E-state index contributed by atoms with van der Waals surface area (Å²) in [5.41, 5.74) is 0.850. The first-order valence-corrected chi connectivity index (χ1v) is 6.30. The van der Waals surface area contributed by atoms with Gasteiger partial charge < -0.3 is 14.7 Å². The zero-order chi connectivity index (χ0) is 14.0. The van der Waals surface area contributed by atoms with E-state index in [1.165, 1.54) is 6.08 Å². The van der Waals surface area contributed by atoms with Gasteiger partial charge in [0.1, 0.15) is 5.75 Å². The molecule has 1 aliphatic rings. The molecule has 1 heterocycles. The molecular weight excluding hydrogens is 242 g/mol. The van der Waals surface area contributed by atoms with E-state index in [-0.39, 0.29) is 12.3 Å². The second-order valence-electron chi connectivity index (χ2n) is 5.03. The van der Waals surface area contributed by atoms with Gasteiger partial charge in [0.05, 0.1) is 19.1 Å². The summed E-state index contributed by atoms with van der Waals surface area (Å²) in [6.45, 7) is 5.78. The van der Waals surface area contributed by atoms with E-state index < -0.39 is 5.60 Å². The normalized spacial score (nSPS) is 16.7. The Hall–Kier alpha value is -1.81. The fraction of sp³-hybridized carbons (Fsp3) is 0.400. The van der Waals surface area contributed by atoms with Crippen LogP contribution in [0.15, 0.2) is 30.9 Å². The summed E-state index contributed by atoms with van der Waals surface area (Å²) in [5.74, 6) is 0.708. The Morgan fingerprint density at radius 2 is 2.37 bits per heavy atom. The van der Waals surface area contributed by atoms with E-state index in [9.17, 15) is 9.90 Å². The first-order valence-electron chi connectivity index (χ1n) is 6.30. The maximum absolute atomic E-state index is 12.2. The third kappa shape index (κ3) is 2.79. The van der Waals surface area contributed by atoms with Crippen molar-refractivity contribution in [2.75, 3.05) is 18.6 Å². The van der Waals surface area contributed by atoms with Crippen LogP contribution in [0.5, 0.6) is 5.75 Å². The minimum absolute atomic E-state index is 0.0436. The van der Waals surface area contributed by atoms with Crippen molar-refractivity contribution in [2.45, 2.75) is 25.4 Å². The van der Waals surface area contributed by atoms with Gasteiger partial charge in [0, 0.05) is 12.2 Å². The lowest BCUT2D eigenvalue weighted by Crippen LogP contribution is -2.35. The average molecular weight is 261 g/mol. The highest BCUT2D eigenvalue weighted by atomic mass is 16.5. The molecule has 1 unspecified atom stereocenters. The number of ether oxygens (including phenoxy) is 1. The Kier molecular flexibility index (Phi) is 3.62. The number of methoxy groups -OCH3 is 1. The van der Waals surface area contributed by atoms with Crippen molar-refractivity contribution in [2.24, 2.45) is 0 Å². The number of amides is 1. The second kappa shape index (κ2) is 5.05. The molecule has 1 aliphatic heterocycles. The molecule has 4 nitrogen and oxygen atoms in total. The van der Waals surface area contributed by atoms with Crippen LogP contribution in [0.1, 0.15) is 18.9 Å². The van der Waals surface area contributed by atoms with Gasteiger partial charge in [-0.25, -0.2) is 0 Å². The van der Waals surface area contributed by atoms with E-state index in [0.29, 0.717) is 6.54 Å². The van der Waals surface area contributed by atoms with Crippen molar-refractivity contribution in [1.82, 2.24) is 0 Å². The van der Waals surface area contributed by atoms with E-state index >= 15 is 0 Å². The van der Waals surface area contributed by atoms with Crippen LogP contribution in [0.25, 0.3) is 0 Å². The van der Waals surface area contributed by atoms with Crippen molar-refractivity contribution in [1.29, 1.82) is 0 Å². The maximum atomic E-state index is 12.2. The summed E-state index contributed by atoms with van der Waals surface area (Å²) in [6, 6.07) is 5.69. The molecule has 0 saturated heterocycles. The van der Waals surface area contributed by atoms with Gasteiger partial charge >= 0.3 is 0 Å². The van der Waals surface area contributed by atoms with E-state index in [0.717, 1.165) is 23.4 Å². The van der Waals surface area contributed by atoms with Crippen molar-refractivity contribution in [3.63, 3.8) is 0 Å². The highest BCUT2D eigenvalue weighted by molar-refractivity contribution is 5.96. The average Bonchev–Trinajstić information content (AvgIpc) is 2.81. The van der Waals surface area contributed by atoms with Gasteiger partial charge in [0.2, 0.25) is 5.91 Å². The number of fused-ring (bicyclic) bond motifs is 1. The number of nitrogens with zero attached hydrogens (tertiary/aromatic N) is 1. The van der Waals surface area contributed by atoms with Crippen LogP contribution >= 0.6 is 0 Å². The predicted molar refractivity (Wildman–Crippen MR) is 74.5 cm³/mol. The molecule has 1 aromatic carbocycles. The third-order valence-electron chi connectivity index (χ3n) is 3.43. The van der Waals surface area contributed by atoms with Crippen LogP contribution in [-0.4, -0.2) is 30.3 Å². The lowest BCUT2D eigenvalue weighted by Gasteiger charge is -2.23. The molecule has 0 bridgehead atoms. The zero-order valence-electron chi connectivity index (χ0n) is 11.3. The van der Waals surface area contributed by atoms with Gasteiger partial charge in [0.15, 0.2) is 0 Å². The van der Waals surface area contributed by atoms with Gasteiger partial charge in [-0.1, -0.05) is 6.08 Å². The Labute approximate surface area is 113 Å². The number of rotatable bonds is 4. The van der Waals surface area contributed by atoms with Crippen LogP contribution < -0.4 is 9.64 Å². The Morgan fingerprint density at radius 3 is 3.00 bits per heavy atom. The minimum Gasteiger partial charge on any atom is -0.497 e. The third-order valence-corrected chi connectivity index (χ3v) is 3.43. The molecule has 102 valence electrons. The molecule has 2 rings (SSSR count). The molecular formula is C15H19NO3. The standard InChI is InChI=1S/C15H19NO3/c1-4-15(2,18)10-14(17)16-8-7-11-9-12(19-3)5-6-13(11)16/h4-6,9,18H,1,7-8,10H2,2-3H3. The van der Waals surface area contributed by atoms with Crippen molar-refractivity contribution in [3.05, 3.63) is 36.4 Å². The molecule has 1 amide bonds. The molecule has 0 saturated carbocycles. The number of carbonyl (C=O) groups is 1. The molecule has 0 radical (unpaired) electrons. The molecule has 0 fully saturated rings. The van der Waals surface area contributed by atoms with Gasteiger partial charge in [-0.05, 0) is 37.1 Å². The lowest BCUT2D eigenvalue weighted by atomic mass is 10.0. The van der Waals surface area contributed by atoms with E-state index in [2.05, 4.69) is 6.58 Å². The predicted octanol–water partition coefficient (Wildman–Crippen LogP) is 1.91. The number of hydrogen-bond donors (Lipinski definition) is 1. The summed E-state index contributed by atoms with van der Waals surface area (Å²) < 4.78 is 5.18. The molecule has 0 aromatic heterocycles. The van der Waals surface area contributed by atoms with E-state index in [1.54, 1.807) is 18.9 Å². The highest BCUT2D eigenvalue weighted by Gasteiger charge is 2.29. The fourth-order valence-corrected chi connectivity index (χ4v) is 2.24. The number of anilines is 1. The van der Waals surface area contributed by atoms with Crippen LogP contribution in [0.4, 0.5) is 5.69 Å². The van der Waals surface area contributed by atoms with Crippen LogP contribution in [0, 0.1) is 0 Å². The van der Waals surface area contributed by atoms with Crippen molar-refractivity contribution < 1.29 is 14.6 Å². The fourth-order valence-electron chi connectivity index (χ4n) is 2.24. The van der Waals surface area contributed by atoms with Crippen LogP contribution in [-0.2, 0) is 11.2 Å². The quantitative estimate of drug-likeness (QED) is 0.842. The highest BCUT2D eigenvalue weighted by Crippen LogP contribution is 2.32. The first kappa shape index (κ1) is 13.6. The van der Waals surface area contributed by atoms with Crippen LogP contribution in [0.3, 0.4) is 0 Å². The molecule has 1 N–H and O–H groups in total. The maximum Gasteiger partial charge on any atom is 0.230 e. The molecule has 4 heteroatoms. The molecule has 0 aliphatic carbocycles. The monoisotopic (exact) mass is 261 g/mol. The number of aliphatic hydroxyl groups is 1. The Morgan fingerprint density at radius 1 is 1.63 bits per heavy atom. The molecule has 0 spiro atoms.